The van der Waals surface area contributed by atoms with Crippen LogP contribution in [0.1, 0.15) is 36.6 Å². The largest absolute Gasteiger partial charge is 0.507 e. The number of carbonyl (C=O) groups excluding carboxylic acids is 2. The van der Waals surface area contributed by atoms with Crippen LogP contribution in [0.4, 0.5) is 0 Å². The summed E-state index contributed by atoms with van der Waals surface area (Å²) in [6, 6.07) is 14.6. The number of aromatic nitrogens is 1. The molecule has 2 heterocycles. The topological polar surface area (TPSA) is 98.2 Å². The molecule has 2 aromatic carbocycles. The molecule has 1 unspecified atom stereocenters. The van der Waals surface area contributed by atoms with E-state index in [1.165, 1.54) is 19.1 Å². The summed E-state index contributed by atoms with van der Waals surface area (Å²) < 4.78 is 16.7. The molecule has 1 aliphatic heterocycles. The van der Waals surface area contributed by atoms with Gasteiger partial charge in [0, 0.05) is 30.1 Å². The molecule has 1 amide bonds. The highest BCUT2D eigenvalue weighted by molar-refractivity contribution is 6.46. The molecule has 1 fully saturated rings. The molecule has 192 valence electrons. The Labute approximate surface area is 216 Å². The number of hydrogen-bond acceptors (Lipinski definition) is 7. The van der Waals surface area contributed by atoms with E-state index in [0.717, 1.165) is 5.56 Å². The number of ether oxygens (including phenoxy) is 3. The summed E-state index contributed by atoms with van der Waals surface area (Å²) >= 11 is 0. The minimum atomic E-state index is -0.915. The summed E-state index contributed by atoms with van der Waals surface area (Å²) in [5, 5.41) is 11.4. The van der Waals surface area contributed by atoms with Gasteiger partial charge in [-0.25, -0.2) is 0 Å². The van der Waals surface area contributed by atoms with Gasteiger partial charge in [0.1, 0.15) is 23.0 Å². The van der Waals surface area contributed by atoms with Crippen LogP contribution in [0, 0.1) is 5.92 Å². The van der Waals surface area contributed by atoms with Gasteiger partial charge in [0.25, 0.3) is 11.7 Å². The first-order valence-corrected chi connectivity index (χ1v) is 12.0. The van der Waals surface area contributed by atoms with E-state index in [4.69, 9.17) is 14.2 Å². The maximum absolute atomic E-state index is 13.4. The molecule has 1 N–H and O–H groups in total. The molecule has 1 saturated heterocycles. The van der Waals surface area contributed by atoms with Gasteiger partial charge in [-0.15, -0.1) is 0 Å². The summed E-state index contributed by atoms with van der Waals surface area (Å²) in [5.74, 6) is 0.197. The Morgan fingerprint density at radius 1 is 1.03 bits per heavy atom. The highest BCUT2D eigenvalue weighted by atomic mass is 16.5. The highest BCUT2D eigenvalue weighted by Crippen LogP contribution is 2.44. The van der Waals surface area contributed by atoms with E-state index in [1.54, 1.807) is 60.9 Å². The fourth-order valence-electron chi connectivity index (χ4n) is 4.24. The summed E-state index contributed by atoms with van der Waals surface area (Å²) in [7, 11) is 3.04. The molecular formula is C29H30N2O6. The number of ketones is 1. The zero-order chi connectivity index (χ0) is 26.5. The van der Waals surface area contributed by atoms with E-state index in [9.17, 15) is 14.7 Å². The van der Waals surface area contributed by atoms with Crippen LogP contribution in [0.3, 0.4) is 0 Å². The number of rotatable bonds is 9. The van der Waals surface area contributed by atoms with E-state index >= 15 is 0 Å². The second kappa shape index (κ2) is 11.2. The first kappa shape index (κ1) is 25.8. The number of carbonyl (C=O) groups is 2. The number of nitrogens with zero attached hydrogens (tertiary/aromatic N) is 2. The SMILES string of the molecule is COc1ccc(OC)c(C2/C(=C(\O)c3ccc(OCC(C)C)cc3)C(=O)C(=O)N2Cc2cccnc2)c1. The van der Waals surface area contributed by atoms with Crippen molar-refractivity contribution in [1.29, 1.82) is 0 Å². The number of methoxy groups -OCH3 is 2. The second-order valence-electron chi connectivity index (χ2n) is 9.13. The fourth-order valence-corrected chi connectivity index (χ4v) is 4.24. The molecule has 3 aromatic rings. The van der Waals surface area contributed by atoms with E-state index in [-0.39, 0.29) is 17.9 Å². The van der Waals surface area contributed by atoms with Crippen LogP contribution >= 0.6 is 0 Å². The smallest absolute Gasteiger partial charge is 0.295 e. The predicted molar refractivity (Wildman–Crippen MR) is 138 cm³/mol. The normalized spacial score (nSPS) is 16.8. The average molecular weight is 503 g/mol. The quantitative estimate of drug-likeness (QED) is 0.256. The van der Waals surface area contributed by atoms with Crippen molar-refractivity contribution in [3.63, 3.8) is 0 Å². The first-order valence-electron chi connectivity index (χ1n) is 12.0. The van der Waals surface area contributed by atoms with Crippen LogP contribution in [0.2, 0.25) is 0 Å². The Hall–Kier alpha value is -4.33. The maximum Gasteiger partial charge on any atom is 0.295 e. The molecule has 1 aromatic heterocycles. The van der Waals surface area contributed by atoms with Crippen molar-refractivity contribution in [2.24, 2.45) is 5.92 Å². The Bertz CT molecular complexity index is 1300. The van der Waals surface area contributed by atoms with Crippen molar-refractivity contribution < 1.29 is 28.9 Å². The average Bonchev–Trinajstić information content (AvgIpc) is 3.16. The van der Waals surface area contributed by atoms with Gasteiger partial charge >= 0.3 is 0 Å². The number of hydrogen-bond donors (Lipinski definition) is 1. The molecule has 8 heteroatoms. The number of Topliss-reactive ketones (excluding diaryl/α,β-unsaturated/α-hetero) is 1. The van der Waals surface area contributed by atoms with Gasteiger partial charge in [-0.2, -0.15) is 0 Å². The Morgan fingerprint density at radius 3 is 2.38 bits per heavy atom. The molecule has 1 atom stereocenters. The summed E-state index contributed by atoms with van der Waals surface area (Å²) in [6.45, 7) is 4.78. The van der Waals surface area contributed by atoms with Crippen molar-refractivity contribution in [2.45, 2.75) is 26.4 Å². The van der Waals surface area contributed by atoms with Crippen molar-refractivity contribution in [2.75, 3.05) is 20.8 Å². The molecule has 4 rings (SSSR count). The van der Waals surface area contributed by atoms with Gasteiger partial charge in [0.15, 0.2) is 0 Å². The lowest BCUT2D eigenvalue weighted by Crippen LogP contribution is -2.29. The molecule has 0 saturated carbocycles. The Morgan fingerprint density at radius 2 is 1.76 bits per heavy atom. The van der Waals surface area contributed by atoms with Crippen LogP contribution < -0.4 is 14.2 Å². The van der Waals surface area contributed by atoms with E-state index in [0.29, 0.717) is 40.9 Å². The van der Waals surface area contributed by atoms with E-state index in [1.807, 2.05) is 6.07 Å². The Balaban J connectivity index is 1.83. The Kier molecular flexibility index (Phi) is 7.77. The zero-order valence-electron chi connectivity index (χ0n) is 21.3. The molecule has 8 nitrogen and oxygen atoms in total. The molecule has 0 bridgehead atoms. The number of aliphatic hydroxyl groups excluding tert-OH is 1. The number of pyridine rings is 1. The summed E-state index contributed by atoms with van der Waals surface area (Å²) in [5.41, 5.74) is 1.62. The predicted octanol–water partition coefficient (Wildman–Crippen LogP) is 4.76. The second-order valence-corrected chi connectivity index (χ2v) is 9.13. The number of aliphatic hydroxyl groups is 1. The van der Waals surface area contributed by atoms with Crippen LogP contribution in [0.15, 0.2) is 72.6 Å². The van der Waals surface area contributed by atoms with Crippen LogP contribution in [0.5, 0.6) is 17.2 Å². The standard InChI is InChI=1S/C29H30N2O6/c1-18(2)17-37-21-9-7-20(8-10-21)27(32)25-26(23-14-22(35-3)11-12-24(23)36-4)31(29(34)28(25)33)16-19-6-5-13-30-15-19/h5-15,18,26,32H,16-17H2,1-4H3/b27-25+. The third kappa shape index (κ3) is 5.43. The summed E-state index contributed by atoms with van der Waals surface area (Å²) in [6.07, 6.45) is 3.27. The van der Waals surface area contributed by atoms with Crippen LogP contribution in [0.25, 0.3) is 5.76 Å². The van der Waals surface area contributed by atoms with Gasteiger partial charge in [0.2, 0.25) is 0 Å². The molecule has 0 spiro atoms. The van der Waals surface area contributed by atoms with Crippen molar-refractivity contribution in [3.05, 3.63) is 89.3 Å². The molecular weight excluding hydrogens is 472 g/mol. The molecule has 0 aliphatic carbocycles. The maximum atomic E-state index is 13.4. The molecule has 0 radical (unpaired) electrons. The summed E-state index contributed by atoms with van der Waals surface area (Å²) in [4.78, 5) is 32.2. The highest BCUT2D eigenvalue weighted by Gasteiger charge is 2.47. The third-order valence-electron chi connectivity index (χ3n) is 6.06. The number of benzene rings is 2. The van der Waals surface area contributed by atoms with Crippen LogP contribution in [-0.4, -0.2) is 47.5 Å². The minimum Gasteiger partial charge on any atom is -0.507 e. The van der Waals surface area contributed by atoms with E-state index in [2.05, 4.69) is 18.8 Å². The lowest BCUT2D eigenvalue weighted by Gasteiger charge is -2.27. The minimum absolute atomic E-state index is 0.0312. The third-order valence-corrected chi connectivity index (χ3v) is 6.06. The van der Waals surface area contributed by atoms with Gasteiger partial charge in [-0.05, 0) is 60.0 Å². The van der Waals surface area contributed by atoms with Gasteiger partial charge < -0.3 is 24.2 Å². The van der Waals surface area contributed by atoms with Crippen molar-refractivity contribution in [1.82, 2.24) is 9.88 Å². The number of amides is 1. The number of likely N-dealkylation sites (tertiary alicyclic amines) is 1. The fraction of sp³-hybridized carbons (Fsp3) is 0.276. The first-order chi connectivity index (χ1) is 17.8. The van der Waals surface area contributed by atoms with Crippen molar-refractivity contribution >= 4 is 17.4 Å². The van der Waals surface area contributed by atoms with Gasteiger partial charge in [-0.1, -0.05) is 19.9 Å². The van der Waals surface area contributed by atoms with E-state index < -0.39 is 17.7 Å². The van der Waals surface area contributed by atoms with Crippen LogP contribution in [-0.2, 0) is 16.1 Å². The van der Waals surface area contributed by atoms with Gasteiger partial charge in [0.05, 0.1) is 32.4 Å². The van der Waals surface area contributed by atoms with Crippen molar-refractivity contribution in [3.8, 4) is 17.2 Å². The van der Waals surface area contributed by atoms with Gasteiger partial charge in [-0.3, -0.25) is 14.6 Å². The monoisotopic (exact) mass is 502 g/mol. The molecule has 37 heavy (non-hydrogen) atoms. The molecule has 1 aliphatic rings. The zero-order valence-corrected chi connectivity index (χ0v) is 21.3. The lowest BCUT2D eigenvalue weighted by atomic mass is 9.94. The lowest BCUT2D eigenvalue weighted by molar-refractivity contribution is -0.140.